The molecule has 1 N–H and O–H groups in total. The Kier molecular flexibility index (Phi) is 4.99. The molecule has 0 fully saturated rings. The molecule has 1 amide bonds. The van der Waals surface area contributed by atoms with Gasteiger partial charge in [0.1, 0.15) is 17.0 Å². The molecule has 0 aliphatic rings. The zero-order chi connectivity index (χ0) is 16.3. The lowest BCUT2D eigenvalue weighted by Crippen LogP contribution is -2.43. The smallest absolute Gasteiger partial charge is 0.304 e. The molecule has 7 nitrogen and oxygen atoms in total. The Labute approximate surface area is 133 Å². The molecule has 9 heteroatoms. The highest BCUT2D eigenvalue weighted by atomic mass is 32.2. The number of amides is 1. The fourth-order valence-corrected chi connectivity index (χ4v) is 3.87. The Morgan fingerprint density at radius 3 is 2.64 bits per heavy atom. The number of hydrogen-bond donors (Lipinski definition) is 1. The number of hydrogen-bond acceptors (Lipinski definition) is 6. The summed E-state index contributed by atoms with van der Waals surface area (Å²) in [5.74, 6) is -0.468. The molecule has 0 atom stereocenters. The lowest BCUT2D eigenvalue weighted by atomic mass is 10.1. The first kappa shape index (κ1) is 16.7. The second kappa shape index (κ2) is 6.59. The van der Waals surface area contributed by atoms with Crippen LogP contribution in [0, 0.1) is 6.92 Å². The fraction of sp³-hybridized carbons (Fsp3) is 0.385. The monoisotopic (exact) mass is 343 g/mol. The summed E-state index contributed by atoms with van der Waals surface area (Å²) in [7, 11) is -3.88. The van der Waals surface area contributed by atoms with Gasteiger partial charge < -0.3 is 4.52 Å². The quantitative estimate of drug-likeness (QED) is 0.866. The lowest BCUT2D eigenvalue weighted by molar-refractivity contribution is 0.0978. The molecule has 0 aromatic carbocycles. The molecule has 0 bridgehead atoms. The highest BCUT2D eigenvalue weighted by molar-refractivity contribution is 7.87. The van der Waals surface area contributed by atoms with Crippen LogP contribution >= 0.6 is 11.3 Å². The van der Waals surface area contributed by atoms with Crippen molar-refractivity contribution in [3.05, 3.63) is 28.8 Å². The van der Waals surface area contributed by atoms with Crippen molar-refractivity contribution in [3.8, 4) is 10.6 Å². The van der Waals surface area contributed by atoms with Gasteiger partial charge in [-0.2, -0.15) is 12.7 Å². The minimum Gasteiger partial charge on any atom is -0.360 e. The largest absolute Gasteiger partial charge is 0.360 e. The first-order chi connectivity index (χ1) is 10.4. The average Bonchev–Trinajstić information content (AvgIpc) is 3.07. The van der Waals surface area contributed by atoms with E-state index in [4.69, 9.17) is 4.52 Å². The summed E-state index contributed by atoms with van der Waals surface area (Å²) in [5, 5.41) is 5.70. The summed E-state index contributed by atoms with van der Waals surface area (Å²) < 4.78 is 32.6. The summed E-state index contributed by atoms with van der Waals surface area (Å²) in [6.07, 6.45) is 0. The maximum atomic E-state index is 12.4. The third-order valence-electron chi connectivity index (χ3n) is 3.11. The van der Waals surface area contributed by atoms with Crippen LogP contribution in [0.3, 0.4) is 0 Å². The second-order valence-corrected chi connectivity index (χ2v) is 7.08. The molecule has 120 valence electrons. The number of carbonyl (C=O) groups excluding carboxylic acids is 1. The summed E-state index contributed by atoms with van der Waals surface area (Å²) in [4.78, 5) is 13.1. The van der Waals surface area contributed by atoms with Crippen LogP contribution in [0.4, 0.5) is 0 Å². The highest BCUT2D eigenvalue weighted by Crippen LogP contribution is 2.29. The van der Waals surface area contributed by atoms with Gasteiger partial charge in [-0.05, 0) is 18.4 Å². The zero-order valence-corrected chi connectivity index (χ0v) is 14.1. The predicted molar refractivity (Wildman–Crippen MR) is 83.9 cm³/mol. The Bertz CT molecular complexity index is 746. The summed E-state index contributed by atoms with van der Waals surface area (Å²) in [6, 6.07) is 3.61. The van der Waals surface area contributed by atoms with Gasteiger partial charge in [-0.25, -0.2) is 4.72 Å². The van der Waals surface area contributed by atoms with Gasteiger partial charge in [0.25, 0.3) is 5.91 Å². The van der Waals surface area contributed by atoms with Crippen LogP contribution in [0.2, 0.25) is 0 Å². The van der Waals surface area contributed by atoms with Crippen molar-refractivity contribution in [1.29, 1.82) is 0 Å². The van der Waals surface area contributed by atoms with Crippen LogP contribution in [-0.2, 0) is 10.2 Å². The molecule has 22 heavy (non-hydrogen) atoms. The van der Waals surface area contributed by atoms with E-state index in [0.717, 1.165) is 4.88 Å². The normalized spacial score (nSPS) is 11.8. The molecule has 2 rings (SSSR count). The first-order valence-corrected chi connectivity index (χ1v) is 9.05. The van der Waals surface area contributed by atoms with Gasteiger partial charge in [-0.3, -0.25) is 4.79 Å². The number of nitrogens with one attached hydrogen (secondary N) is 1. The molecule has 2 aromatic rings. The summed E-state index contributed by atoms with van der Waals surface area (Å²) in [5.41, 5.74) is 0.484. The van der Waals surface area contributed by atoms with Gasteiger partial charge in [0, 0.05) is 13.1 Å². The van der Waals surface area contributed by atoms with E-state index in [1.807, 2.05) is 11.4 Å². The molecule has 2 aromatic heterocycles. The number of aryl methyl sites for hydroxylation is 1. The molecule has 0 spiro atoms. The molecule has 0 aliphatic carbocycles. The topological polar surface area (TPSA) is 92.5 Å². The molecule has 0 radical (unpaired) electrons. The lowest BCUT2D eigenvalue weighted by Gasteiger charge is -2.18. The van der Waals surface area contributed by atoms with E-state index in [1.54, 1.807) is 26.8 Å². The van der Waals surface area contributed by atoms with E-state index < -0.39 is 16.1 Å². The minimum atomic E-state index is -3.88. The number of carbonyl (C=O) groups is 1. The molecule has 2 heterocycles. The zero-order valence-electron chi connectivity index (χ0n) is 12.5. The van der Waals surface area contributed by atoms with Gasteiger partial charge in [-0.1, -0.05) is 25.1 Å². The third kappa shape index (κ3) is 3.21. The highest BCUT2D eigenvalue weighted by Gasteiger charge is 2.28. The minimum absolute atomic E-state index is 0.137. The maximum absolute atomic E-state index is 12.4. The summed E-state index contributed by atoms with van der Waals surface area (Å²) >= 11 is 1.39. The number of thiophene rings is 1. The predicted octanol–water partition coefficient (Wildman–Crippen LogP) is 2.03. The van der Waals surface area contributed by atoms with Crippen LogP contribution in [0.25, 0.3) is 10.6 Å². The number of aromatic nitrogens is 1. The Morgan fingerprint density at radius 2 is 2.09 bits per heavy atom. The van der Waals surface area contributed by atoms with Crippen molar-refractivity contribution >= 4 is 27.5 Å². The number of nitrogens with zero attached hydrogens (tertiary/aromatic N) is 2. The first-order valence-electron chi connectivity index (χ1n) is 6.73. The maximum Gasteiger partial charge on any atom is 0.304 e. The van der Waals surface area contributed by atoms with Crippen molar-refractivity contribution in [1.82, 2.24) is 14.2 Å². The van der Waals surface area contributed by atoms with E-state index in [9.17, 15) is 13.2 Å². The van der Waals surface area contributed by atoms with Gasteiger partial charge in [0.2, 0.25) is 0 Å². The summed E-state index contributed by atoms with van der Waals surface area (Å²) in [6.45, 7) is 5.53. The Hall–Kier alpha value is -1.71. The van der Waals surface area contributed by atoms with E-state index in [1.165, 1.54) is 15.6 Å². The Morgan fingerprint density at radius 1 is 1.41 bits per heavy atom. The van der Waals surface area contributed by atoms with E-state index in [0.29, 0.717) is 5.69 Å². The van der Waals surface area contributed by atoms with Crippen molar-refractivity contribution in [2.75, 3.05) is 13.1 Å². The van der Waals surface area contributed by atoms with Gasteiger partial charge in [0.05, 0.1) is 4.88 Å². The van der Waals surface area contributed by atoms with Crippen molar-refractivity contribution in [2.45, 2.75) is 20.8 Å². The molecular formula is C13H17N3O4S2. The van der Waals surface area contributed by atoms with Gasteiger partial charge >= 0.3 is 10.2 Å². The molecule has 0 aliphatic heterocycles. The standard InChI is InChI=1S/C13H17N3O4S2/c1-4-16(5-2)22(18,19)15-13(17)11-9(3)20-14-12(11)10-7-6-8-21-10/h6-8H,4-5H2,1-3H3,(H,15,17). The van der Waals surface area contributed by atoms with Crippen molar-refractivity contribution in [3.63, 3.8) is 0 Å². The van der Waals surface area contributed by atoms with E-state index in [2.05, 4.69) is 9.88 Å². The van der Waals surface area contributed by atoms with Gasteiger partial charge in [-0.15, -0.1) is 11.3 Å². The fourth-order valence-electron chi connectivity index (χ4n) is 2.02. The molecule has 0 saturated carbocycles. The molecule has 0 saturated heterocycles. The van der Waals surface area contributed by atoms with Crippen LogP contribution in [-0.4, -0.2) is 36.9 Å². The third-order valence-corrected chi connectivity index (χ3v) is 5.63. The molecular weight excluding hydrogens is 326 g/mol. The van der Waals surface area contributed by atoms with Crippen LogP contribution in [0.1, 0.15) is 30.0 Å². The average molecular weight is 343 g/mol. The van der Waals surface area contributed by atoms with Crippen LogP contribution < -0.4 is 4.72 Å². The molecule has 0 unspecified atom stereocenters. The van der Waals surface area contributed by atoms with Crippen molar-refractivity contribution in [2.24, 2.45) is 0 Å². The van der Waals surface area contributed by atoms with E-state index >= 15 is 0 Å². The Balaban J connectivity index is 2.33. The second-order valence-electron chi connectivity index (χ2n) is 4.46. The van der Waals surface area contributed by atoms with Crippen LogP contribution in [0.5, 0.6) is 0 Å². The van der Waals surface area contributed by atoms with Gasteiger partial charge in [0.15, 0.2) is 0 Å². The van der Waals surface area contributed by atoms with Crippen molar-refractivity contribution < 1.29 is 17.7 Å². The number of rotatable bonds is 6. The van der Waals surface area contributed by atoms with Crippen LogP contribution in [0.15, 0.2) is 22.0 Å². The SMILES string of the molecule is CCN(CC)S(=O)(=O)NC(=O)c1c(-c2cccs2)noc1C. The van der Waals surface area contributed by atoms with E-state index in [-0.39, 0.29) is 24.4 Å².